The third kappa shape index (κ3) is 3.92. The van der Waals surface area contributed by atoms with Crippen LogP contribution in [0.4, 0.5) is 4.39 Å². The van der Waals surface area contributed by atoms with Crippen molar-refractivity contribution in [2.45, 2.75) is 19.4 Å². The number of rotatable bonds is 6. The Morgan fingerprint density at radius 2 is 2.11 bits per heavy atom. The predicted molar refractivity (Wildman–Crippen MR) is 70.8 cm³/mol. The topological polar surface area (TPSA) is 49.8 Å². The molecular weight excluding hydrogens is 249 g/mol. The highest BCUT2D eigenvalue weighted by Gasteiger charge is 2.26. The van der Waals surface area contributed by atoms with E-state index in [9.17, 15) is 9.18 Å². The fourth-order valence-corrected chi connectivity index (χ4v) is 2.42. The summed E-state index contributed by atoms with van der Waals surface area (Å²) >= 11 is 0. The van der Waals surface area contributed by atoms with Crippen LogP contribution in [0.15, 0.2) is 18.2 Å². The van der Waals surface area contributed by atoms with E-state index in [4.69, 9.17) is 9.84 Å². The molecule has 106 valence electrons. The third-order valence-corrected chi connectivity index (χ3v) is 3.10. The summed E-state index contributed by atoms with van der Waals surface area (Å²) in [5, 5.41) is 8.92. The summed E-state index contributed by atoms with van der Waals surface area (Å²) in [6, 6.07) is 4.08. The van der Waals surface area contributed by atoms with Crippen molar-refractivity contribution in [1.29, 1.82) is 0 Å². The molecule has 0 heterocycles. The van der Waals surface area contributed by atoms with Crippen LogP contribution in [0.5, 0.6) is 5.75 Å². The van der Waals surface area contributed by atoms with Crippen LogP contribution in [0, 0.1) is 11.7 Å². The summed E-state index contributed by atoms with van der Waals surface area (Å²) < 4.78 is 18.7. The molecule has 1 N–H and O–H groups in total. The van der Waals surface area contributed by atoms with E-state index in [1.54, 1.807) is 6.07 Å². The van der Waals surface area contributed by atoms with Crippen LogP contribution in [-0.4, -0.2) is 37.2 Å². The van der Waals surface area contributed by atoms with Gasteiger partial charge in [0.25, 0.3) is 0 Å². The third-order valence-electron chi connectivity index (χ3n) is 3.10. The van der Waals surface area contributed by atoms with Crippen molar-refractivity contribution < 1.29 is 19.0 Å². The lowest BCUT2D eigenvalue weighted by Gasteiger charge is -2.31. The summed E-state index contributed by atoms with van der Waals surface area (Å²) in [6.07, 6.45) is 0.0164. The molecule has 1 aromatic carbocycles. The van der Waals surface area contributed by atoms with Gasteiger partial charge in [0.15, 0.2) is 0 Å². The highest BCUT2D eigenvalue weighted by Crippen LogP contribution is 2.35. The van der Waals surface area contributed by atoms with Gasteiger partial charge in [-0.05, 0) is 38.2 Å². The lowest BCUT2D eigenvalue weighted by Crippen LogP contribution is -2.28. The number of methoxy groups -OCH3 is 1. The van der Waals surface area contributed by atoms with E-state index in [0.29, 0.717) is 11.3 Å². The molecule has 5 heteroatoms. The second-order valence-corrected chi connectivity index (χ2v) is 4.87. The maximum Gasteiger partial charge on any atom is 0.303 e. The first-order valence-electron chi connectivity index (χ1n) is 6.08. The van der Waals surface area contributed by atoms with Gasteiger partial charge < -0.3 is 14.7 Å². The molecule has 0 aromatic heterocycles. The molecule has 0 aliphatic heterocycles. The molecule has 19 heavy (non-hydrogen) atoms. The number of hydrogen-bond acceptors (Lipinski definition) is 3. The van der Waals surface area contributed by atoms with Crippen LogP contribution in [0.3, 0.4) is 0 Å². The Balaban J connectivity index is 3.18. The average molecular weight is 269 g/mol. The monoisotopic (exact) mass is 269 g/mol. The quantitative estimate of drug-likeness (QED) is 0.862. The van der Waals surface area contributed by atoms with E-state index in [2.05, 4.69) is 0 Å². The molecule has 0 aliphatic carbocycles. The van der Waals surface area contributed by atoms with Gasteiger partial charge in [0.2, 0.25) is 0 Å². The number of carboxylic acid groups (broad SMARTS) is 1. The van der Waals surface area contributed by atoms with Crippen molar-refractivity contribution in [3.63, 3.8) is 0 Å². The number of carboxylic acids is 1. The van der Waals surface area contributed by atoms with Crippen LogP contribution in [0.2, 0.25) is 0 Å². The Morgan fingerprint density at radius 3 is 2.58 bits per heavy atom. The SMILES string of the molecule is COc1ccc(F)cc1C(C(C)CC(=O)O)N(C)C. The molecule has 4 nitrogen and oxygen atoms in total. The lowest BCUT2D eigenvalue weighted by molar-refractivity contribution is -0.138. The predicted octanol–water partition coefficient (Wildman–Crippen LogP) is 2.55. The lowest BCUT2D eigenvalue weighted by atomic mass is 9.90. The summed E-state index contributed by atoms with van der Waals surface area (Å²) in [7, 11) is 5.20. The molecule has 2 unspecified atom stereocenters. The van der Waals surface area contributed by atoms with Gasteiger partial charge in [-0.25, -0.2) is 4.39 Å². The van der Waals surface area contributed by atoms with Crippen LogP contribution in [0.1, 0.15) is 24.9 Å². The Morgan fingerprint density at radius 1 is 1.47 bits per heavy atom. The molecule has 0 spiro atoms. The van der Waals surface area contributed by atoms with Gasteiger partial charge in [-0.1, -0.05) is 6.92 Å². The minimum absolute atomic E-state index is 0.0164. The molecule has 0 fully saturated rings. The number of aliphatic carboxylic acids is 1. The van der Waals surface area contributed by atoms with Gasteiger partial charge >= 0.3 is 5.97 Å². The molecule has 0 saturated heterocycles. The zero-order valence-electron chi connectivity index (χ0n) is 11.7. The van der Waals surface area contributed by atoms with E-state index in [-0.39, 0.29) is 24.2 Å². The highest BCUT2D eigenvalue weighted by molar-refractivity contribution is 5.67. The molecule has 0 bridgehead atoms. The Labute approximate surface area is 112 Å². The second kappa shape index (κ2) is 6.52. The first-order chi connectivity index (χ1) is 8.86. The second-order valence-electron chi connectivity index (χ2n) is 4.87. The van der Waals surface area contributed by atoms with Crippen molar-refractivity contribution in [3.8, 4) is 5.75 Å². The van der Waals surface area contributed by atoms with Crippen molar-refractivity contribution in [2.75, 3.05) is 21.2 Å². The van der Waals surface area contributed by atoms with Crippen LogP contribution >= 0.6 is 0 Å². The molecule has 0 radical (unpaired) electrons. The standard InChI is InChI=1S/C14H20FNO3/c1-9(7-13(17)18)14(16(2)3)11-8-10(15)5-6-12(11)19-4/h5-6,8-9,14H,7H2,1-4H3,(H,17,18). The van der Waals surface area contributed by atoms with Gasteiger partial charge in [-0.15, -0.1) is 0 Å². The maximum atomic E-state index is 13.4. The number of ether oxygens (including phenoxy) is 1. The van der Waals surface area contributed by atoms with Gasteiger partial charge in [0.1, 0.15) is 11.6 Å². The summed E-state index contributed by atoms with van der Waals surface area (Å²) in [5.74, 6) is -0.819. The number of hydrogen-bond donors (Lipinski definition) is 1. The fourth-order valence-electron chi connectivity index (χ4n) is 2.42. The molecule has 1 rings (SSSR count). The molecule has 0 saturated carbocycles. The highest BCUT2D eigenvalue weighted by atomic mass is 19.1. The van der Waals surface area contributed by atoms with E-state index in [1.807, 2.05) is 25.9 Å². The van der Waals surface area contributed by atoms with Gasteiger partial charge in [-0.2, -0.15) is 0 Å². The largest absolute Gasteiger partial charge is 0.496 e. The number of carbonyl (C=O) groups is 1. The zero-order valence-corrected chi connectivity index (χ0v) is 11.7. The van der Waals surface area contributed by atoms with Crippen molar-refractivity contribution >= 4 is 5.97 Å². The van der Waals surface area contributed by atoms with Gasteiger partial charge in [0, 0.05) is 18.0 Å². The average Bonchev–Trinajstić information content (AvgIpc) is 2.27. The Kier molecular flexibility index (Phi) is 5.30. The molecule has 2 atom stereocenters. The fraction of sp³-hybridized carbons (Fsp3) is 0.500. The van der Waals surface area contributed by atoms with E-state index < -0.39 is 5.97 Å². The van der Waals surface area contributed by atoms with Crippen LogP contribution < -0.4 is 4.74 Å². The van der Waals surface area contributed by atoms with Crippen LogP contribution in [-0.2, 0) is 4.79 Å². The van der Waals surface area contributed by atoms with Crippen molar-refractivity contribution in [1.82, 2.24) is 4.90 Å². The number of nitrogens with zero attached hydrogens (tertiary/aromatic N) is 1. The number of benzene rings is 1. The summed E-state index contributed by atoms with van der Waals surface area (Å²) in [5.41, 5.74) is 0.668. The molecule has 0 amide bonds. The van der Waals surface area contributed by atoms with Crippen molar-refractivity contribution in [3.05, 3.63) is 29.6 Å². The number of halogens is 1. The van der Waals surface area contributed by atoms with Crippen molar-refractivity contribution in [2.24, 2.45) is 5.92 Å². The normalized spacial score (nSPS) is 14.2. The molecular formula is C14H20FNO3. The zero-order chi connectivity index (χ0) is 14.6. The first kappa shape index (κ1) is 15.4. The van der Waals surface area contributed by atoms with Crippen LogP contribution in [0.25, 0.3) is 0 Å². The Hall–Kier alpha value is -1.62. The summed E-state index contributed by atoms with van der Waals surface area (Å²) in [6.45, 7) is 1.84. The van der Waals surface area contributed by atoms with Gasteiger partial charge in [-0.3, -0.25) is 4.79 Å². The van der Waals surface area contributed by atoms with E-state index in [0.717, 1.165) is 0 Å². The minimum atomic E-state index is -0.866. The van der Waals surface area contributed by atoms with E-state index in [1.165, 1.54) is 19.2 Å². The van der Waals surface area contributed by atoms with Gasteiger partial charge in [0.05, 0.1) is 7.11 Å². The summed E-state index contributed by atoms with van der Waals surface area (Å²) in [4.78, 5) is 12.7. The molecule has 0 aliphatic rings. The smallest absolute Gasteiger partial charge is 0.303 e. The van der Waals surface area contributed by atoms with E-state index >= 15 is 0 Å². The Bertz CT molecular complexity index is 448. The maximum absolute atomic E-state index is 13.4. The minimum Gasteiger partial charge on any atom is -0.496 e. The first-order valence-corrected chi connectivity index (χ1v) is 6.08. The molecule has 1 aromatic rings.